The average molecular weight is 313 g/mol. The lowest BCUT2D eigenvalue weighted by Gasteiger charge is -2.26. The predicted molar refractivity (Wildman–Crippen MR) is 86.5 cm³/mol. The summed E-state index contributed by atoms with van der Waals surface area (Å²) < 4.78 is 2.18. The van der Waals surface area contributed by atoms with Crippen molar-refractivity contribution in [2.75, 3.05) is 0 Å². The number of aryl methyl sites for hydroxylation is 1. The predicted octanol–water partition coefficient (Wildman–Crippen LogP) is 0.891. The van der Waals surface area contributed by atoms with Gasteiger partial charge in [0.1, 0.15) is 5.69 Å². The second-order valence-corrected chi connectivity index (χ2v) is 5.89. The lowest BCUT2D eigenvalue weighted by molar-refractivity contribution is 0.0922. The maximum Gasteiger partial charge on any atom is 0.331 e. The van der Waals surface area contributed by atoms with Gasteiger partial charge >= 0.3 is 5.69 Å². The first-order chi connectivity index (χ1) is 11.0. The molecule has 1 aliphatic rings. The number of nitrogens with one attached hydrogen (secondary N) is 1. The molecule has 0 saturated heterocycles. The molecule has 0 bridgehead atoms. The van der Waals surface area contributed by atoms with Crippen LogP contribution in [0.4, 0.5) is 0 Å². The molecule has 1 amide bonds. The topological polar surface area (TPSA) is 73.1 Å². The molecule has 1 atom stereocenters. The van der Waals surface area contributed by atoms with E-state index in [-0.39, 0.29) is 11.7 Å². The minimum Gasteiger partial charge on any atom is -0.344 e. The van der Waals surface area contributed by atoms with E-state index in [2.05, 4.69) is 11.4 Å². The highest BCUT2D eigenvalue weighted by molar-refractivity contribution is 5.92. The van der Waals surface area contributed by atoms with Crippen molar-refractivity contribution in [3.05, 3.63) is 68.0 Å². The van der Waals surface area contributed by atoms with Gasteiger partial charge in [-0.15, -0.1) is 0 Å². The molecule has 2 aromatic rings. The van der Waals surface area contributed by atoms with Crippen LogP contribution in [0.5, 0.6) is 0 Å². The van der Waals surface area contributed by atoms with Crippen molar-refractivity contribution in [3.8, 4) is 0 Å². The van der Waals surface area contributed by atoms with Crippen LogP contribution in [-0.2, 0) is 20.5 Å². The number of carbonyl (C=O) groups is 1. The van der Waals surface area contributed by atoms with Crippen LogP contribution in [0.1, 0.15) is 40.5 Å². The number of rotatable bonds is 2. The van der Waals surface area contributed by atoms with Crippen molar-refractivity contribution in [2.24, 2.45) is 14.1 Å². The van der Waals surface area contributed by atoms with E-state index >= 15 is 0 Å². The Labute approximate surface area is 133 Å². The van der Waals surface area contributed by atoms with E-state index in [9.17, 15) is 14.4 Å². The van der Waals surface area contributed by atoms with Gasteiger partial charge in [0.15, 0.2) is 0 Å². The highest BCUT2D eigenvalue weighted by Gasteiger charge is 2.23. The van der Waals surface area contributed by atoms with Gasteiger partial charge in [-0.1, -0.05) is 24.3 Å². The van der Waals surface area contributed by atoms with E-state index < -0.39 is 17.2 Å². The van der Waals surface area contributed by atoms with Gasteiger partial charge in [0.05, 0.1) is 6.04 Å². The van der Waals surface area contributed by atoms with E-state index in [1.54, 1.807) is 0 Å². The number of amides is 1. The molecule has 0 spiro atoms. The van der Waals surface area contributed by atoms with Crippen molar-refractivity contribution in [3.63, 3.8) is 0 Å². The van der Waals surface area contributed by atoms with Gasteiger partial charge in [0, 0.05) is 20.2 Å². The number of nitrogens with zero attached hydrogens (tertiary/aromatic N) is 2. The largest absolute Gasteiger partial charge is 0.344 e. The van der Waals surface area contributed by atoms with Gasteiger partial charge in [0.25, 0.3) is 11.5 Å². The summed E-state index contributed by atoms with van der Waals surface area (Å²) in [6.07, 6.45) is 2.85. The molecule has 23 heavy (non-hydrogen) atoms. The number of hydrogen-bond acceptors (Lipinski definition) is 3. The Morgan fingerprint density at radius 1 is 1.17 bits per heavy atom. The lowest BCUT2D eigenvalue weighted by Crippen LogP contribution is -2.42. The van der Waals surface area contributed by atoms with Crippen LogP contribution in [0.3, 0.4) is 0 Å². The van der Waals surface area contributed by atoms with Gasteiger partial charge in [-0.3, -0.25) is 18.7 Å². The van der Waals surface area contributed by atoms with Gasteiger partial charge in [-0.2, -0.15) is 0 Å². The smallest absolute Gasteiger partial charge is 0.331 e. The second kappa shape index (κ2) is 5.87. The normalized spacial score (nSPS) is 16.7. The second-order valence-electron chi connectivity index (χ2n) is 5.89. The van der Waals surface area contributed by atoms with Gasteiger partial charge < -0.3 is 5.32 Å². The zero-order valence-electron chi connectivity index (χ0n) is 13.2. The van der Waals surface area contributed by atoms with Crippen molar-refractivity contribution in [1.29, 1.82) is 0 Å². The summed E-state index contributed by atoms with van der Waals surface area (Å²) in [5.41, 5.74) is 1.44. The molecule has 1 aliphatic carbocycles. The minimum absolute atomic E-state index is 0.0844. The molecule has 0 fully saturated rings. The number of carbonyl (C=O) groups excluding carboxylic acids is 1. The van der Waals surface area contributed by atoms with Crippen molar-refractivity contribution >= 4 is 5.91 Å². The molecule has 120 valence electrons. The van der Waals surface area contributed by atoms with E-state index in [0.29, 0.717) is 0 Å². The van der Waals surface area contributed by atoms with E-state index in [1.165, 1.54) is 30.3 Å². The fourth-order valence-corrected chi connectivity index (χ4v) is 3.09. The lowest BCUT2D eigenvalue weighted by atomic mass is 9.87. The summed E-state index contributed by atoms with van der Waals surface area (Å²) in [6.45, 7) is 0. The number of benzene rings is 1. The molecule has 0 radical (unpaired) electrons. The standard InChI is InChI=1S/C17H19N3O3/c1-19-14(10-15(21)20(2)17(19)23)16(22)18-13-9-5-7-11-6-3-4-8-12(11)13/h3-4,6,8,10,13H,5,7,9H2,1-2H3,(H,18,22). The summed E-state index contributed by atoms with van der Waals surface area (Å²) in [4.78, 5) is 36.3. The Morgan fingerprint density at radius 3 is 2.70 bits per heavy atom. The Hall–Kier alpha value is -2.63. The summed E-state index contributed by atoms with van der Waals surface area (Å²) in [6, 6.07) is 9.15. The molecule has 1 N–H and O–H groups in total. The van der Waals surface area contributed by atoms with Crippen LogP contribution >= 0.6 is 0 Å². The Kier molecular flexibility index (Phi) is 3.90. The maximum atomic E-state index is 12.5. The molecule has 1 heterocycles. The molecule has 3 rings (SSSR count). The summed E-state index contributed by atoms with van der Waals surface area (Å²) >= 11 is 0. The summed E-state index contributed by atoms with van der Waals surface area (Å²) in [5.74, 6) is -0.399. The molecular weight excluding hydrogens is 294 g/mol. The van der Waals surface area contributed by atoms with Crippen molar-refractivity contribution in [2.45, 2.75) is 25.3 Å². The number of hydrogen-bond donors (Lipinski definition) is 1. The highest BCUT2D eigenvalue weighted by atomic mass is 16.2. The monoisotopic (exact) mass is 313 g/mol. The van der Waals surface area contributed by atoms with Crippen LogP contribution in [0.2, 0.25) is 0 Å². The Bertz CT molecular complexity index is 879. The molecule has 1 unspecified atom stereocenters. The van der Waals surface area contributed by atoms with Crippen LogP contribution in [0.15, 0.2) is 39.9 Å². The quantitative estimate of drug-likeness (QED) is 0.895. The maximum absolute atomic E-state index is 12.5. The van der Waals surface area contributed by atoms with Crippen molar-refractivity contribution < 1.29 is 4.79 Å². The third kappa shape index (κ3) is 2.72. The molecule has 0 saturated carbocycles. The van der Waals surface area contributed by atoms with Crippen LogP contribution in [0.25, 0.3) is 0 Å². The van der Waals surface area contributed by atoms with E-state index in [0.717, 1.165) is 29.4 Å². The minimum atomic E-state index is -0.508. The third-order valence-electron chi connectivity index (χ3n) is 4.43. The molecule has 1 aromatic carbocycles. The SMILES string of the molecule is Cn1c(C(=O)NC2CCCc3ccccc32)cc(=O)n(C)c1=O. The number of aromatic nitrogens is 2. The molecule has 6 nitrogen and oxygen atoms in total. The molecule has 6 heteroatoms. The third-order valence-corrected chi connectivity index (χ3v) is 4.43. The van der Waals surface area contributed by atoms with Crippen LogP contribution < -0.4 is 16.6 Å². The fraction of sp³-hybridized carbons (Fsp3) is 0.353. The fourth-order valence-electron chi connectivity index (χ4n) is 3.09. The molecular formula is C17H19N3O3. The van der Waals surface area contributed by atoms with Crippen molar-refractivity contribution in [1.82, 2.24) is 14.5 Å². The molecule has 0 aliphatic heterocycles. The number of fused-ring (bicyclic) bond motifs is 1. The first kappa shape index (κ1) is 15.3. The van der Waals surface area contributed by atoms with Crippen LogP contribution in [-0.4, -0.2) is 15.0 Å². The van der Waals surface area contributed by atoms with Gasteiger partial charge in [0.2, 0.25) is 0 Å². The average Bonchev–Trinajstić information content (AvgIpc) is 2.56. The van der Waals surface area contributed by atoms with Crippen LogP contribution in [0, 0.1) is 0 Å². The Morgan fingerprint density at radius 2 is 1.91 bits per heavy atom. The van der Waals surface area contributed by atoms with Gasteiger partial charge in [-0.25, -0.2) is 4.79 Å². The first-order valence-corrected chi connectivity index (χ1v) is 7.65. The Balaban J connectivity index is 1.93. The first-order valence-electron chi connectivity index (χ1n) is 7.65. The zero-order chi connectivity index (χ0) is 16.6. The summed E-state index contributed by atoms with van der Waals surface area (Å²) in [7, 11) is 2.88. The van der Waals surface area contributed by atoms with Gasteiger partial charge in [-0.05, 0) is 30.4 Å². The highest BCUT2D eigenvalue weighted by Crippen LogP contribution is 2.29. The summed E-state index contributed by atoms with van der Waals surface area (Å²) in [5, 5.41) is 2.96. The van der Waals surface area contributed by atoms with E-state index in [4.69, 9.17) is 0 Å². The van der Waals surface area contributed by atoms with E-state index in [1.807, 2.05) is 18.2 Å². The zero-order valence-corrected chi connectivity index (χ0v) is 13.2. The molecule has 1 aromatic heterocycles.